The van der Waals surface area contributed by atoms with Crippen molar-refractivity contribution in [2.24, 2.45) is 11.5 Å². The molecule has 0 saturated heterocycles. The molecule has 0 fully saturated rings. The molecule has 0 radical (unpaired) electrons. The van der Waals surface area contributed by atoms with Crippen LogP contribution >= 0.6 is 22.6 Å². The number of nitrogens with one attached hydrogen (secondary N) is 1. The number of halogens is 3. The highest BCUT2D eigenvalue weighted by Gasteiger charge is 2.22. The van der Waals surface area contributed by atoms with Gasteiger partial charge in [0.25, 0.3) is 5.91 Å². The highest BCUT2D eigenvalue weighted by molar-refractivity contribution is 14.1. The van der Waals surface area contributed by atoms with Crippen molar-refractivity contribution in [3.05, 3.63) is 92.8 Å². The topological polar surface area (TPSA) is 163 Å². The molecule has 0 spiro atoms. The SMILES string of the molecule is NC(=O)c1ccc(-n2cc(C(=O)O)cn2)c(Oc2cc(F)cc(Nc3ccc(I)cc3F)c2C(N)=O)c1. The van der Waals surface area contributed by atoms with Crippen LogP contribution in [0.25, 0.3) is 5.69 Å². The molecule has 0 aliphatic carbocycles. The first-order valence-electron chi connectivity index (χ1n) is 10.3. The Morgan fingerprint density at radius 2 is 1.70 bits per heavy atom. The minimum absolute atomic E-state index is 0.000648. The van der Waals surface area contributed by atoms with Gasteiger partial charge in [-0.25, -0.2) is 18.3 Å². The molecule has 4 rings (SSSR count). The number of nitrogens with two attached hydrogens (primary N) is 2. The number of carboxylic acid groups (broad SMARTS) is 1. The van der Waals surface area contributed by atoms with Gasteiger partial charge in [-0.2, -0.15) is 5.10 Å². The van der Waals surface area contributed by atoms with Crippen LogP contribution in [0.2, 0.25) is 0 Å². The zero-order valence-electron chi connectivity index (χ0n) is 18.5. The van der Waals surface area contributed by atoms with Crippen LogP contribution in [0.5, 0.6) is 11.5 Å². The lowest BCUT2D eigenvalue weighted by Crippen LogP contribution is -2.16. The van der Waals surface area contributed by atoms with Crippen LogP contribution in [-0.4, -0.2) is 32.7 Å². The van der Waals surface area contributed by atoms with Gasteiger partial charge >= 0.3 is 5.97 Å². The van der Waals surface area contributed by atoms with Crippen LogP contribution in [0.15, 0.2) is 60.9 Å². The summed E-state index contributed by atoms with van der Waals surface area (Å²) in [5, 5.41) is 15.8. The molecule has 3 aromatic carbocycles. The van der Waals surface area contributed by atoms with Gasteiger partial charge in [0, 0.05) is 21.4 Å². The molecule has 0 saturated carbocycles. The largest absolute Gasteiger partial charge is 0.478 e. The smallest absolute Gasteiger partial charge is 0.338 e. The fourth-order valence-corrected chi connectivity index (χ4v) is 3.83. The molecule has 10 nitrogen and oxygen atoms in total. The van der Waals surface area contributed by atoms with Crippen molar-refractivity contribution < 1.29 is 33.0 Å². The van der Waals surface area contributed by atoms with Crippen LogP contribution in [0.4, 0.5) is 20.2 Å². The number of hydrogen-bond donors (Lipinski definition) is 4. The van der Waals surface area contributed by atoms with Crippen LogP contribution < -0.4 is 21.5 Å². The molecular weight excluding hydrogens is 603 g/mol. The monoisotopic (exact) mass is 619 g/mol. The van der Waals surface area contributed by atoms with Crippen molar-refractivity contribution >= 4 is 51.7 Å². The van der Waals surface area contributed by atoms with Crippen molar-refractivity contribution in [2.75, 3.05) is 5.32 Å². The predicted octanol–water partition coefficient (Wildman–Crippen LogP) is 4.19. The first-order valence-corrected chi connectivity index (χ1v) is 11.4. The number of aromatic nitrogens is 2. The molecule has 4 aromatic rings. The molecule has 0 atom stereocenters. The Kier molecular flexibility index (Phi) is 7.06. The average molecular weight is 619 g/mol. The highest BCUT2D eigenvalue weighted by atomic mass is 127. The first kappa shape index (κ1) is 25.6. The van der Waals surface area contributed by atoms with Gasteiger partial charge in [-0.15, -0.1) is 0 Å². The van der Waals surface area contributed by atoms with Crippen LogP contribution in [0, 0.1) is 15.2 Å². The second-order valence-electron chi connectivity index (χ2n) is 7.57. The summed E-state index contributed by atoms with van der Waals surface area (Å²) in [5.74, 6) is -5.07. The summed E-state index contributed by atoms with van der Waals surface area (Å²) >= 11 is 1.92. The van der Waals surface area contributed by atoms with Gasteiger partial charge in [0.2, 0.25) is 5.91 Å². The number of ether oxygens (including phenoxy) is 1. The predicted molar refractivity (Wildman–Crippen MR) is 136 cm³/mol. The third-order valence-electron chi connectivity index (χ3n) is 5.05. The van der Waals surface area contributed by atoms with Gasteiger partial charge in [0.05, 0.1) is 23.1 Å². The maximum Gasteiger partial charge on any atom is 0.338 e. The summed E-state index contributed by atoms with van der Waals surface area (Å²) in [6, 6.07) is 9.99. The van der Waals surface area contributed by atoms with E-state index in [9.17, 15) is 28.3 Å². The van der Waals surface area contributed by atoms with E-state index in [-0.39, 0.29) is 45.3 Å². The van der Waals surface area contributed by atoms with Gasteiger partial charge in [0.1, 0.15) is 28.6 Å². The minimum Gasteiger partial charge on any atom is -0.478 e. The molecule has 0 unspecified atom stereocenters. The maximum absolute atomic E-state index is 14.6. The molecule has 13 heteroatoms. The van der Waals surface area contributed by atoms with Crippen LogP contribution in [-0.2, 0) is 0 Å². The number of benzene rings is 3. The summed E-state index contributed by atoms with van der Waals surface area (Å²) in [7, 11) is 0. The molecular formula is C24H16F2IN5O5. The number of hydrogen-bond acceptors (Lipinski definition) is 6. The fraction of sp³-hybridized carbons (Fsp3) is 0. The van der Waals surface area contributed by atoms with E-state index in [2.05, 4.69) is 10.4 Å². The quantitative estimate of drug-likeness (QED) is 0.215. The normalized spacial score (nSPS) is 10.7. The van der Waals surface area contributed by atoms with Crippen LogP contribution in [0.3, 0.4) is 0 Å². The maximum atomic E-state index is 14.6. The van der Waals surface area contributed by atoms with E-state index in [1.807, 2.05) is 22.6 Å². The molecule has 37 heavy (non-hydrogen) atoms. The van der Waals surface area contributed by atoms with Gasteiger partial charge in [-0.1, -0.05) is 0 Å². The first-order chi connectivity index (χ1) is 17.5. The number of amides is 2. The summed E-state index contributed by atoms with van der Waals surface area (Å²) in [4.78, 5) is 35.5. The van der Waals surface area contributed by atoms with Gasteiger partial charge in [0.15, 0.2) is 5.75 Å². The van der Waals surface area contributed by atoms with Crippen molar-refractivity contribution in [3.63, 3.8) is 0 Å². The van der Waals surface area contributed by atoms with Crippen LogP contribution in [0.1, 0.15) is 31.1 Å². The van der Waals surface area contributed by atoms with E-state index in [1.54, 1.807) is 6.07 Å². The second-order valence-corrected chi connectivity index (χ2v) is 8.81. The van der Waals surface area contributed by atoms with Gasteiger partial charge < -0.3 is 26.6 Å². The Morgan fingerprint density at radius 1 is 0.946 bits per heavy atom. The zero-order chi connectivity index (χ0) is 26.9. The zero-order valence-corrected chi connectivity index (χ0v) is 20.7. The number of nitrogens with zero attached hydrogens (tertiary/aromatic N) is 2. The minimum atomic E-state index is -1.23. The van der Waals surface area contributed by atoms with Crippen molar-refractivity contribution in [2.45, 2.75) is 0 Å². The lowest BCUT2D eigenvalue weighted by atomic mass is 10.1. The number of carbonyl (C=O) groups excluding carboxylic acids is 2. The third kappa shape index (κ3) is 5.50. The van der Waals surface area contributed by atoms with E-state index in [4.69, 9.17) is 16.2 Å². The standard InChI is InChI=1S/C24H16F2IN5O5/c25-13-6-17(31-16-3-2-14(27)8-15(16)26)21(23(29)34)20(7-13)37-19-5-11(22(28)33)1-4-18(19)32-10-12(9-30-32)24(35)36/h1-10,31H,(H2,28,33)(H2,29,34)(H,35,36). The third-order valence-corrected chi connectivity index (χ3v) is 5.73. The van der Waals surface area contributed by atoms with Crippen molar-refractivity contribution in [1.82, 2.24) is 9.78 Å². The Balaban J connectivity index is 1.84. The Labute approximate surface area is 221 Å². The molecule has 1 heterocycles. The lowest BCUT2D eigenvalue weighted by Gasteiger charge is -2.17. The number of anilines is 2. The fourth-order valence-electron chi connectivity index (χ4n) is 3.37. The van der Waals surface area contributed by atoms with Gasteiger partial charge in [-0.3, -0.25) is 9.59 Å². The Bertz CT molecular complexity index is 1570. The number of rotatable bonds is 8. The van der Waals surface area contributed by atoms with Gasteiger partial charge in [-0.05, 0) is 65.1 Å². The van der Waals surface area contributed by atoms with E-state index in [1.165, 1.54) is 36.5 Å². The van der Waals surface area contributed by atoms with E-state index >= 15 is 0 Å². The van der Waals surface area contributed by atoms with Crippen molar-refractivity contribution in [3.8, 4) is 17.2 Å². The Hall–Kier alpha value is -4.53. The second kappa shape index (κ2) is 10.2. The summed E-state index contributed by atoms with van der Waals surface area (Å²) < 4.78 is 36.7. The van der Waals surface area contributed by atoms with E-state index in [0.29, 0.717) is 3.57 Å². The Morgan fingerprint density at radius 3 is 2.32 bits per heavy atom. The number of carbonyl (C=O) groups is 3. The number of primary amides is 2. The summed E-state index contributed by atoms with van der Waals surface area (Å²) in [6.45, 7) is 0. The molecule has 188 valence electrons. The van der Waals surface area contributed by atoms with E-state index < -0.39 is 29.4 Å². The molecule has 0 bridgehead atoms. The van der Waals surface area contributed by atoms with Crippen molar-refractivity contribution in [1.29, 1.82) is 0 Å². The average Bonchev–Trinajstić information content (AvgIpc) is 3.31. The molecule has 1 aromatic heterocycles. The molecule has 0 aliphatic rings. The number of carboxylic acids is 1. The molecule has 6 N–H and O–H groups in total. The summed E-state index contributed by atoms with van der Waals surface area (Å²) in [5.41, 5.74) is 10.4. The molecule has 2 amide bonds. The lowest BCUT2D eigenvalue weighted by molar-refractivity contribution is 0.0696. The molecule has 0 aliphatic heterocycles. The number of aromatic carboxylic acids is 1. The highest BCUT2D eigenvalue weighted by Crippen LogP contribution is 2.36. The van der Waals surface area contributed by atoms with E-state index in [0.717, 1.165) is 23.0 Å². The summed E-state index contributed by atoms with van der Waals surface area (Å²) in [6.07, 6.45) is 2.27.